The summed E-state index contributed by atoms with van der Waals surface area (Å²) < 4.78 is 12.7. The summed E-state index contributed by atoms with van der Waals surface area (Å²) in [5.41, 5.74) is 1.13. The predicted octanol–water partition coefficient (Wildman–Crippen LogP) is 2.76. The first-order valence-corrected chi connectivity index (χ1v) is 5.87. The minimum atomic E-state index is -0.828. The van der Waals surface area contributed by atoms with Crippen LogP contribution in [0.25, 0.3) is 0 Å². The molecule has 0 atom stereocenters. The Hall–Kier alpha value is -1.58. The smallest absolute Gasteiger partial charge is 0.407 e. The van der Waals surface area contributed by atoms with E-state index in [1.165, 1.54) is 17.0 Å². The van der Waals surface area contributed by atoms with Gasteiger partial charge in [-0.05, 0) is 42.9 Å². The summed E-state index contributed by atoms with van der Waals surface area (Å²) in [6.45, 7) is 1.22. The average Bonchev–Trinajstić information content (AvgIpc) is 2.33. The Bertz CT molecular complexity index is 383. The summed E-state index contributed by atoms with van der Waals surface area (Å²) >= 11 is 0. The molecule has 92 valence electrons. The lowest BCUT2D eigenvalue weighted by atomic mass is 9.90. The fraction of sp³-hybridized carbons (Fsp3) is 0.462. The topological polar surface area (TPSA) is 40.5 Å². The van der Waals surface area contributed by atoms with Gasteiger partial charge in [-0.25, -0.2) is 9.18 Å². The van der Waals surface area contributed by atoms with Crippen LogP contribution in [0.2, 0.25) is 0 Å². The highest BCUT2D eigenvalue weighted by Crippen LogP contribution is 2.21. The Morgan fingerprint density at radius 2 is 1.88 bits per heavy atom. The molecule has 1 saturated heterocycles. The quantitative estimate of drug-likeness (QED) is 0.859. The number of hydrogen-bond acceptors (Lipinski definition) is 1. The standard InChI is InChI=1S/C13H16FNO2/c14-12-3-1-10(2-4-12)9-11-5-7-15(8-6-11)13(16)17/h1-4,11H,5-9H2,(H,16,17). The van der Waals surface area contributed by atoms with E-state index < -0.39 is 6.09 Å². The lowest BCUT2D eigenvalue weighted by molar-refractivity contribution is 0.124. The second-order valence-electron chi connectivity index (χ2n) is 4.54. The van der Waals surface area contributed by atoms with Gasteiger partial charge in [0.25, 0.3) is 0 Å². The first kappa shape index (κ1) is 11.9. The van der Waals surface area contributed by atoms with E-state index in [0.29, 0.717) is 19.0 Å². The molecule has 17 heavy (non-hydrogen) atoms. The highest BCUT2D eigenvalue weighted by molar-refractivity contribution is 5.64. The second-order valence-corrected chi connectivity index (χ2v) is 4.54. The molecule has 3 nitrogen and oxygen atoms in total. The Balaban J connectivity index is 1.85. The average molecular weight is 237 g/mol. The van der Waals surface area contributed by atoms with Crippen LogP contribution >= 0.6 is 0 Å². The molecule has 1 aliphatic heterocycles. The molecule has 1 aromatic rings. The zero-order valence-electron chi connectivity index (χ0n) is 9.60. The fourth-order valence-electron chi connectivity index (χ4n) is 2.28. The van der Waals surface area contributed by atoms with Crippen LogP contribution in [0, 0.1) is 11.7 Å². The monoisotopic (exact) mass is 237 g/mol. The summed E-state index contributed by atoms with van der Waals surface area (Å²) in [4.78, 5) is 12.2. The summed E-state index contributed by atoms with van der Waals surface area (Å²) in [6.07, 6.45) is 1.87. The van der Waals surface area contributed by atoms with Crippen molar-refractivity contribution in [1.82, 2.24) is 4.90 Å². The van der Waals surface area contributed by atoms with E-state index in [1.807, 2.05) is 0 Å². The molecule has 0 unspecified atom stereocenters. The molecule has 4 heteroatoms. The van der Waals surface area contributed by atoms with E-state index in [2.05, 4.69) is 0 Å². The van der Waals surface area contributed by atoms with Crippen LogP contribution in [0.4, 0.5) is 9.18 Å². The SMILES string of the molecule is O=C(O)N1CCC(Cc2ccc(F)cc2)CC1. The molecule has 1 fully saturated rings. The Labute approximate surface area is 99.9 Å². The molecule has 1 aliphatic rings. The normalized spacial score (nSPS) is 17.1. The third kappa shape index (κ3) is 3.19. The lowest BCUT2D eigenvalue weighted by Crippen LogP contribution is -2.37. The van der Waals surface area contributed by atoms with E-state index in [-0.39, 0.29) is 5.82 Å². The van der Waals surface area contributed by atoms with Gasteiger partial charge in [-0.3, -0.25) is 0 Å². The van der Waals surface area contributed by atoms with E-state index in [0.717, 1.165) is 24.8 Å². The van der Waals surface area contributed by atoms with Gasteiger partial charge in [0.15, 0.2) is 0 Å². The third-order valence-corrected chi connectivity index (χ3v) is 3.32. The molecule has 1 aromatic carbocycles. The number of benzene rings is 1. The molecule has 0 spiro atoms. The molecule has 1 N–H and O–H groups in total. The lowest BCUT2D eigenvalue weighted by Gasteiger charge is -2.29. The Morgan fingerprint density at radius 1 is 1.29 bits per heavy atom. The number of nitrogens with zero attached hydrogens (tertiary/aromatic N) is 1. The van der Waals surface area contributed by atoms with Crippen molar-refractivity contribution < 1.29 is 14.3 Å². The second kappa shape index (κ2) is 5.17. The van der Waals surface area contributed by atoms with E-state index in [9.17, 15) is 9.18 Å². The molecular weight excluding hydrogens is 221 g/mol. The maximum atomic E-state index is 12.7. The van der Waals surface area contributed by atoms with Crippen LogP contribution in [0.15, 0.2) is 24.3 Å². The van der Waals surface area contributed by atoms with Gasteiger partial charge >= 0.3 is 6.09 Å². The number of carbonyl (C=O) groups is 1. The number of piperidine rings is 1. The maximum Gasteiger partial charge on any atom is 0.407 e. The first-order chi connectivity index (χ1) is 8.15. The van der Waals surface area contributed by atoms with Gasteiger partial charge in [0, 0.05) is 13.1 Å². The number of hydrogen-bond donors (Lipinski definition) is 1. The molecule has 0 radical (unpaired) electrons. The summed E-state index contributed by atoms with van der Waals surface area (Å²) in [5.74, 6) is 0.297. The minimum absolute atomic E-state index is 0.213. The molecule has 1 amide bonds. The van der Waals surface area contributed by atoms with Crippen molar-refractivity contribution in [2.75, 3.05) is 13.1 Å². The van der Waals surface area contributed by atoms with Gasteiger partial charge in [-0.15, -0.1) is 0 Å². The molecule has 0 aromatic heterocycles. The van der Waals surface area contributed by atoms with Crippen LogP contribution < -0.4 is 0 Å². The van der Waals surface area contributed by atoms with Gasteiger partial charge in [-0.1, -0.05) is 12.1 Å². The van der Waals surface area contributed by atoms with Gasteiger partial charge in [0.05, 0.1) is 0 Å². The van der Waals surface area contributed by atoms with Crippen LogP contribution in [0.5, 0.6) is 0 Å². The van der Waals surface area contributed by atoms with Crippen LogP contribution in [0.3, 0.4) is 0 Å². The van der Waals surface area contributed by atoms with Gasteiger partial charge in [0.2, 0.25) is 0 Å². The van der Waals surface area contributed by atoms with Crippen LogP contribution in [0.1, 0.15) is 18.4 Å². The van der Waals surface area contributed by atoms with Crippen molar-refractivity contribution >= 4 is 6.09 Å². The first-order valence-electron chi connectivity index (χ1n) is 5.87. The van der Waals surface area contributed by atoms with E-state index >= 15 is 0 Å². The van der Waals surface area contributed by atoms with Gasteiger partial charge < -0.3 is 10.0 Å². The number of rotatable bonds is 2. The predicted molar refractivity (Wildman–Crippen MR) is 62.4 cm³/mol. The third-order valence-electron chi connectivity index (χ3n) is 3.32. The number of halogens is 1. The van der Waals surface area contributed by atoms with Crippen molar-refractivity contribution in [3.63, 3.8) is 0 Å². The Morgan fingerprint density at radius 3 is 2.41 bits per heavy atom. The molecule has 1 heterocycles. The van der Waals surface area contributed by atoms with Crippen molar-refractivity contribution in [2.24, 2.45) is 5.92 Å². The highest BCUT2D eigenvalue weighted by Gasteiger charge is 2.22. The summed E-state index contributed by atoms with van der Waals surface area (Å²) in [5, 5.41) is 8.83. The molecule has 0 saturated carbocycles. The van der Waals surface area contributed by atoms with Gasteiger partial charge in [-0.2, -0.15) is 0 Å². The van der Waals surface area contributed by atoms with Gasteiger partial charge in [0.1, 0.15) is 5.82 Å². The maximum absolute atomic E-state index is 12.7. The summed E-state index contributed by atoms with van der Waals surface area (Å²) in [7, 11) is 0. The molecule has 2 rings (SSSR count). The highest BCUT2D eigenvalue weighted by atomic mass is 19.1. The Kier molecular flexibility index (Phi) is 3.61. The molecular formula is C13H16FNO2. The van der Waals surface area contributed by atoms with Crippen molar-refractivity contribution in [1.29, 1.82) is 0 Å². The van der Waals surface area contributed by atoms with Crippen LogP contribution in [-0.4, -0.2) is 29.2 Å². The zero-order valence-corrected chi connectivity index (χ0v) is 9.60. The minimum Gasteiger partial charge on any atom is -0.465 e. The van der Waals surface area contributed by atoms with Crippen molar-refractivity contribution in [3.8, 4) is 0 Å². The fourth-order valence-corrected chi connectivity index (χ4v) is 2.28. The summed E-state index contributed by atoms with van der Waals surface area (Å²) in [6, 6.07) is 6.56. The largest absolute Gasteiger partial charge is 0.465 e. The molecule has 0 aliphatic carbocycles. The van der Waals surface area contributed by atoms with Crippen molar-refractivity contribution in [3.05, 3.63) is 35.6 Å². The van der Waals surface area contributed by atoms with Crippen molar-refractivity contribution in [2.45, 2.75) is 19.3 Å². The zero-order chi connectivity index (χ0) is 12.3. The van der Waals surface area contributed by atoms with Crippen LogP contribution in [-0.2, 0) is 6.42 Å². The molecule has 0 bridgehead atoms. The van der Waals surface area contributed by atoms with E-state index in [1.54, 1.807) is 12.1 Å². The number of likely N-dealkylation sites (tertiary alicyclic amines) is 1. The number of carboxylic acid groups (broad SMARTS) is 1. The number of amides is 1. The van der Waals surface area contributed by atoms with E-state index in [4.69, 9.17) is 5.11 Å².